The minimum absolute atomic E-state index is 0.0541. The Hall–Kier alpha value is -1.36. The van der Waals surface area contributed by atoms with Crippen molar-refractivity contribution in [3.8, 4) is 0 Å². The number of carbonyl (C=O) groups excluding carboxylic acids is 1. The molecular formula is C13H24N4O. The van der Waals surface area contributed by atoms with Crippen molar-refractivity contribution in [2.45, 2.75) is 52.7 Å². The average Bonchev–Trinajstić information content (AvgIpc) is 2.81. The van der Waals surface area contributed by atoms with Crippen molar-refractivity contribution in [3.63, 3.8) is 0 Å². The molecule has 102 valence electrons. The number of aryl methyl sites for hydroxylation is 1. The lowest BCUT2D eigenvalue weighted by Crippen LogP contribution is -2.42. The largest absolute Gasteiger partial charge is 0.355 e. The van der Waals surface area contributed by atoms with Gasteiger partial charge in [-0.2, -0.15) is 0 Å². The molecular weight excluding hydrogens is 228 g/mol. The molecule has 0 radical (unpaired) electrons. The first-order valence-electron chi connectivity index (χ1n) is 6.69. The summed E-state index contributed by atoms with van der Waals surface area (Å²) in [6, 6.07) is -0.179. The van der Waals surface area contributed by atoms with Crippen molar-refractivity contribution in [1.29, 1.82) is 0 Å². The van der Waals surface area contributed by atoms with E-state index in [4.69, 9.17) is 0 Å². The lowest BCUT2D eigenvalue weighted by atomic mass is 10.3. The lowest BCUT2D eigenvalue weighted by molar-refractivity contribution is -0.122. The second-order valence-corrected chi connectivity index (χ2v) is 4.47. The van der Waals surface area contributed by atoms with Gasteiger partial charge in [-0.1, -0.05) is 13.8 Å². The van der Waals surface area contributed by atoms with Gasteiger partial charge in [-0.25, -0.2) is 4.98 Å². The molecule has 18 heavy (non-hydrogen) atoms. The average molecular weight is 252 g/mol. The van der Waals surface area contributed by atoms with Crippen LogP contribution in [0.25, 0.3) is 0 Å². The van der Waals surface area contributed by atoms with Gasteiger partial charge in [-0.15, -0.1) is 0 Å². The molecule has 0 aliphatic rings. The summed E-state index contributed by atoms with van der Waals surface area (Å²) in [6.45, 7) is 8.43. The standard InChI is InChI=1S/C13H24N4O/c1-4-6-15-13(18)11(3)16-9-12-8-14-10-17(12)7-5-2/h8,10-11,16H,4-7,9H2,1-3H3,(H,15,18). The molecule has 1 aromatic rings. The topological polar surface area (TPSA) is 59.0 Å². The monoisotopic (exact) mass is 252 g/mol. The fourth-order valence-electron chi connectivity index (χ4n) is 1.69. The predicted octanol–water partition coefficient (Wildman–Crippen LogP) is 1.30. The zero-order chi connectivity index (χ0) is 13.4. The molecule has 0 fully saturated rings. The Kier molecular flexibility index (Phi) is 6.43. The van der Waals surface area contributed by atoms with Gasteiger partial charge in [0, 0.05) is 25.8 Å². The van der Waals surface area contributed by atoms with E-state index in [1.807, 2.05) is 26.4 Å². The van der Waals surface area contributed by atoms with Crippen LogP contribution in [0.1, 0.15) is 39.3 Å². The molecule has 0 saturated heterocycles. The van der Waals surface area contributed by atoms with Gasteiger partial charge in [0.05, 0.1) is 18.1 Å². The highest BCUT2D eigenvalue weighted by Gasteiger charge is 2.11. The molecule has 0 spiro atoms. The van der Waals surface area contributed by atoms with Gasteiger partial charge < -0.3 is 15.2 Å². The van der Waals surface area contributed by atoms with Crippen LogP contribution in [0.15, 0.2) is 12.5 Å². The predicted molar refractivity (Wildman–Crippen MR) is 72.1 cm³/mol. The molecule has 0 aromatic carbocycles. The Morgan fingerprint density at radius 1 is 1.44 bits per heavy atom. The maximum atomic E-state index is 11.7. The van der Waals surface area contributed by atoms with Crippen LogP contribution in [0.5, 0.6) is 0 Å². The van der Waals surface area contributed by atoms with Crippen molar-refractivity contribution in [1.82, 2.24) is 20.2 Å². The van der Waals surface area contributed by atoms with Crippen molar-refractivity contribution < 1.29 is 4.79 Å². The van der Waals surface area contributed by atoms with Crippen LogP contribution in [0.3, 0.4) is 0 Å². The molecule has 0 bridgehead atoms. The van der Waals surface area contributed by atoms with E-state index in [2.05, 4.69) is 27.1 Å². The number of carbonyl (C=O) groups is 1. The Morgan fingerprint density at radius 3 is 2.89 bits per heavy atom. The van der Waals surface area contributed by atoms with Gasteiger partial charge in [0.25, 0.3) is 0 Å². The van der Waals surface area contributed by atoms with Crippen LogP contribution in [0.2, 0.25) is 0 Å². The summed E-state index contributed by atoms with van der Waals surface area (Å²) < 4.78 is 2.11. The SMILES string of the molecule is CCCNC(=O)C(C)NCc1cncn1CCC. The molecule has 0 aliphatic carbocycles. The molecule has 5 heteroatoms. The van der Waals surface area contributed by atoms with E-state index in [9.17, 15) is 4.79 Å². The fourth-order valence-corrected chi connectivity index (χ4v) is 1.69. The Balaban J connectivity index is 2.39. The number of amides is 1. The second kappa shape index (κ2) is 7.87. The van der Waals surface area contributed by atoms with Crippen LogP contribution in [0, 0.1) is 0 Å². The summed E-state index contributed by atoms with van der Waals surface area (Å²) >= 11 is 0. The normalized spacial score (nSPS) is 12.4. The Morgan fingerprint density at radius 2 is 2.22 bits per heavy atom. The number of nitrogens with one attached hydrogen (secondary N) is 2. The quantitative estimate of drug-likeness (QED) is 0.733. The maximum Gasteiger partial charge on any atom is 0.236 e. The zero-order valence-electron chi connectivity index (χ0n) is 11.6. The van der Waals surface area contributed by atoms with Crippen LogP contribution in [0.4, 0.5) is 0 Å². The van der Waals surface area contributed by atoms with Crippen molar-refractivity contribution >= 4 is 5.91 Å². The van der Waals surface area contributed by atoms with E-state index >= 15 is 0 Å². The molecule has 1 unspecified atom stereocenters. The van der Waals surface area contributed by atoms with E-state index in [0.29, 0.717) is 6.54 Å². The van der Waals surface area contributed by atoms with Crippen LogP contribution >= 0.6 is 0 Å². The number of hydrogen-bond acceptors (Lipinski definition) is 3. The smallest absolute Gasteiger partial charge is 0.236 e. The highest BCUT2D eigenvalue weighted by molar-refractivity contribution is 5.81. The maximum absolute atomic E-state index is 11.7. The minimum atomic E-state index is -0.179. The molecule has 2 N–H and O–H groups in total. The molecule has 1 amide bonds. The molecule has 0 aliphatic heterocycles. The highest BCUT2D eigenvalue weighted by atomic mass is 16.2. The van der Waals surface area contributed by atoms with Gasteiger partial charge in [-0.3, -0.25) is 4.79 Å². The third-order valence-electron chi connectivity index (χ3n) is 2.79. The van der Waals surface area contributed by atoms with Gasteiger partial charge >= 0.3 is 0 Å². The third-order valence-corrected chi connectivity index (χ3v) is 2.79. The van der Waals surface area contributed by atoms with Crippen molar-refractivity contribution in [2.24, 2.45) is 0 Å². The van der Waals surface area contributed by atoms with Gasteiger partial charge in [-0.05, 0) is 19.8 Å². The lowest BCUT2D eigenvalue weighted by Gasteiger charge is -2.14. The summed E-state index contributed by atoms with van der Waals surface area (Å²) in [7, 11) is 0. The first-order valence-corrected chi connectivity index (χ1v) is 6.69. The van der Waals surface area contributed by atoms with Crippen LogP contribution in [-0.2, 0) is 17.9 Å². The molecule has 0 saturated carbocycles. The number of hydrogen-bond donors (Lipinski definition) is 2. The van der Waals surface area contributed by atoms with Gasteiger partial charge in [0.15, 0.2) is 0 Å². The Bertz CT molecular complexity index is 362. The minimum Gasteiger partial charge on any atom is -0.355 e. The third kappa shape index (κ3) is 4.49. The van der Waals surface area contributed by atoms with Gasteiger partial charge in [0.1, 0.15) is 0 Å². The summed E-state index contributed by atoms with van der Waals surface area (Å²) in [5, 5.41) is 6.10. The van der Waals surface area contributed by atoms with E-state index in [1.54, 1.807) is 0 Å². The molecule has 1 rings (SSSR count). The van der Waals surface area contributed by atoms with Crippen LogP contribution < -0.4 is 10.6 Å². The molecule has 1 atom stereocenters. The summed E-state index contributed by atoms with van der Waals surface area (Å²) in [5.74, 6) is 0.0541. The molecule has 1 aromatic heterocycles. The summed E-state index contributed by atoms with van der Waals surface area (Å²) in [6.07, 6.45) is 5.72. The fraction of sp³-hybridized carbons (Fsp3) is 0.692. The first-order chi connectivity index (χ1) is 8.69. The highest BCUT2D eigenvalue weighted by Crippen LogP contribution is 2.01. The number of aromatic nitrogens is 2. The van der Waals surface area contributed by atoms with Crippen molar-refractivity contribution in [3.05, 3.63) is 18.2 Å². The van der Waals surface area contributed by atoms with Crippen molar-refractivity contribution in [2.75, 3.05) is 6.54 Å². The van der Waals surface area contributed by atoms with Gasteiger partial charge in [0.2, 0.25) is 5.91 Å². The first kappa shape index (κ1) is 14.7. The van der Waals surface area contributed by atoms with E-state index in [-0.39, 0.29) is 11.9 Å². The van der Waals surface area contributed by atoms with E-state index in [1.165, 1.54) is 0 Å². The second-order valence-electron chi connectivity index (χ2n) is 4.47. The Labute approximate surface area is 109 Å². The summed E-state index contributed by atoms with van der Waals surface area (Å²) in [4.78, 5) is 15.8. The number of rotatable bonds is 8. The van der Waals surface area contributed by atoms with Crippen LogP contribution in [-0.4, -0.2) is 28.0 Å². The number of imidazole rings is 1. The molecule has 5 nitrogen and oxygen atoms in total. The molecule has 1 heterocycles. The zero-order valence-corrected chi connectivity index (χ0v) is 11.6. The summed E-state index contributed by atoms with van der Waals surface area (Å²) in [5.41, 5.74) is 1.12. The van der Waals surface area contributed by atoms with E-state index < -0.39 is 0 Å². The van der Waals surface area contributed by atoms with E-state index in [0.717, 1.165) is 31.6 Å². The number of nitrogens with zero attached hydrogens (tertiary/aromatic N) is 2.